The van der Waals surface area contributed by atoms with Gasteiger partial charge in [0.05, 0.1) is 5.56 Å². The number of hydrogen-bond donors (Lipinski definition) is 1. The Kier molecular flexibility index (Phi) is 5.93. The summed E-state index contributed by atoms with van der Waals surface area (Å²) in [5.41, 5.74) is -0.708. The lowest BCUT2D eigenvalue weighted by Gasteiger charge is -2.32. The molecule has 0 radical (unpaired) electrons. The van der Waals surface area contributed by atoms with Gasteiger partial charge in [0.25, 0.3) is 0 Å². The molecule has 2 aliphatic heterocycles. The number of carbonyl (C=O) groups is 2. The van der Waals surface area contributed by atoms with Crippen LogP contribution in [0.5, 0.6) is 0 Å². The molecule has 0 aromatic heterocycles. The fourth-order valence-corrected chi connectivity index (χ4v) is 5.87. The van der Waals surface area contributed by atoms with Crippen LogP contribution in [-0.2, 0) is 15.8 Å². The van der Waals surface area contributed by atoms with E-state index < -0.39 is 17.6 Å². The van der Waals surface area contributed by atoms with E-state index >= 15 is 0 Å². The fourth-order valence-electron chi connectivity index (χ4n) is 4.79. The fraction of sp³-hybridized carbons (Fsp3) is 0.619. The van der Waals surface area contributed by atoms with Crippen LogP contribution in [0.3, 0.4) is 0 Å². The molecule has 0 bridgehead atoms. The SMILES string of the molecule is O=C(CCC(=O)C1[C@H]2CN(C3CCSCC3)C[C@@H]12)Nc1cccc(C(F)(F)F)c1. The van der Waals surface area contributed by atoms with Crippen LogP contribution in [0.15, 0.2) is 24.3 Å². The number of hydrogen-bond acceptors (Lipinski definition) is 4. The first-order valence-electron chi connectivity index (χ1n) is 10.1. The van der Waals surface area contributed by atoms with Gasteiger partial charge in [0.2, 0.25) is 5.91 Å². The largest absolute Gasteiger partial charge is 0.416 e. The van der Waals surface area contributed by atoms with Crippen LogP contribution in [0.2, 0.25) is 0 Å². The topological polar surface area (TPSA) is 49.4 Å². The molecule has 158 valence electrons. The average molecular weight is 427 g/mol. The van der Waals surface area contributed by atoms with Crippen molar-refractivity contribution < 1.29 is 22.8 Å². The highest BCUT2D eigenvalue weighted by molar-refractivity contribution is 7.99. The van der Waals surface area contributed by atoms with Crippen molar-refractivity contribution in [3.8, 4) is 0 Å². The number of rotatable bonds is 6. The summed E-state index contributed by atoms with van der Waals surface area (Å²) in [5.74, 6) is 3.08. The Balaban J connectivity index is 1.21. The lowest BCUT2D eigenvalue weighted by molar-refractivity contribution is -0.137. The number of fused-ring (bicyclic) bond motifs is 1. The van der Waals surface area contributed by atoms with E-state index in [1.54, 1.807) is 0 Å². The average Bonchev–Trinajstić information content (AvgIpc) is 3.20. The predicted molar refractivity (Wildman–Crippen MR) is 107 cm³/mol. The Morgan fingerprint density at radius 3 is 2.45 bits per heavy atom. The molecule has 3 atom stereocenters. The molecule has 3 aliphatic rings. The molecule has 29 heavy (non-hydrogen) atoms. The Hall–Kier alpha value is -1.54. The molecule has 1 amide bonds. The van der Waals surface area contributed by atoms with Crippen molar-refractivity contribution in [3.05, 3.63) is 29.8 Å². The van der Waals surface area contributed by atoms with Gasteiger partial charge in [-0.2, -0.15) is 24.9 Å². The number of anilines is 1. The first-order valence-corrected chi connectivity index (χ1v) is 11.3. The minimum absolute atomic E-state index is 0.00851. The van der Waals surface area contributed by atoms with Crippen LogP contribution in [0.1, 0.15) is 31.2 Å². The zero-order valence-corrected chi connectivity index (χ0v) is 16.9. The second-order valence-electron chi connectivity index (χ2n) is 8.24. The summed E-state index contributed by atoms with van der Waals surface area (Å²) in [5, 5.41) is 2.47. The monoisotopic (exact) mass is 426 g/mol. The van der Waals surface area contributed by atoms with Gasteiger partial charge in [0, 0.05) is 43.6 Å². The molecule has 3 fully saturated rings. The van der Waals surface area contributed by atoms with Gasteiger partial charge < -0.3 is 5.32 Å². The van der Waals surface area contributed by atoms with Gasteiger partial charge >= 0.3 is 6.18 Å². The smallest absolute Gasteiger partial charge is 0.326 e. The summed E-state index contributed by atoms with van der Waals surface area (Å²) in [7, 11) is 0. The van der Waals surface area contributed by atoms with Crippen molar-refractivity contribution in [1.29, 1.82) is 0 Å². The standard InChI is InChI=1S/C21H25F3N2O2S/c22-21(23,24)13-2-1-3-14(10-13)25-19(28)5-4-18(27)20-16-11-26(12-17(16)20)15-6-8-29-9-7-15/h1-3,10,15-17,20H,4-9,11-12H2,(H,25,28)/t16-,17+,20?. The molecule has 1 saturated carbocycles. The highest BCUT2D eigenvalue weighted by atomic mass is 32.2. The number of ketones is 1. The highest BCUT2D eigenvalue weighted by Crippen LogP contribution is 2.53. The third kappa shape index (κ3) is 4.79. The molecular formula is C21H25F3N2O2S. The number of thioether (sulfide) groups is 1. The van der Waals surface area contributed by atoms with Crippen LogP contribution in [-0.4, -0.2) is 47.2 Å². The summed E-state index contributed by atoms with van der Waals surface area (Å²) in [6, 6.07) is 5.20. The maximum Gasteiger partial charge on any atom is 0.416 e. The number of nitrogens with zero attached hydrogens (tertiary/aromatic N) is 1. The van der Waals surface area contributed by atoms with Gasteiger partial charge in [0.15, 0.2) is 0 Å². The second kappa shape index (κ2) is 8.30. The van der Waals surface area contributed by atoms with E-state index in [2.05, 4.69) is 10.2 Å². The van der Waals surface area contributed by atoms with Crippen LogP contribution in [0.4, 0.5) is 18.9 Å². The van der Waals surface area contributed by atoms with E-state index in [0.717, 1.165) is 25.2 Å². The molecule has 4 rings (SSSR count). The van der Waals surface area contributed by atoms with Crippen molar-refractivity contribution in [2.24, 2.45) is 17.8 Å². The minimum atomic E-state index is -4.45. The van der Waals surface area contributed by atoms with E-state index in [9.17, 15) is 22.8 Å². The van der Waals surface area contributed by atoms with Crippen LogP contribution < -0.4 is 5.32 Å². The number of benzene rings is 1. The maximum absolute atomic E-state index is 12.8. The van der Waals surface area contributed by atoms with E-state index in [0.29, 0.717) is 17.9 Å². The first kappa shape index (κ1) is 20.7. The molecule has 1 aromatic rings. The van der Waals surface area contributed by atoms with E-state index in [4.69, 9.17) is 0 Å². The number of alkyl halides is 3. The first-order chi connectivity index (χ1) is 13.8. The molecule has 1 unspecified atom stereocenters. The number of amides is 1. The molecule has 2 heterocycles. The van der Waals surface area contributed by atoms with Gasteiger partial charge in [-0.15, -0.1) is 0 Å². The summed E-state index contributed by atoms with van der Waals surface area (Å²) < 4.78 is 38.3. The number of carbonyl (C=O) groups excluding carboxylic acids is 2. The number of likely N-dealkylation sites (tertiary alicyclic amines) is 1. The molecule has 1 aromatic carbocycles. The third-order valence-corrected chi connectivity index (χ3v) is 7.42. The molecule has 0 spiro atoms. The van der Waals surface area contributed by atoms with E-state index in [1.165, 1.54) is 36.5 Å². The number of nitrogens with one attached hydrogen (secondary N) is 1. The Morgan fingerprint density at radius 1 is 1.10 bits per heavy atom. The van der Waals surface area contributed by atoms with Gasteiger partial charge in [-0.05, 0) is 54.4 Å². The van der Waals surface area contributed by atoms with Gasteiger partial charge in [-0.3, -0.25) is 14.5 Å². The van der Waals surface area contributed by atoms with E-state index in [-0.39, 0.29) is 30.2 Å². The molecule has 8 heteroatoms. The quantitative estimate of drug-likeness (QED) is 0.745. The van der Waals surface area contributed by atoms with Gasteiger partial charge in [0.1, 0.15) is 5.78 Å². The summed E-state index contributed by atoms with van der Waals surface area (Å²) in [4.78, 5) is 27.1. The summed E-state index contributed by atoms with van der Waals surface area (Å²) in [6.45, 7) is 1.99. The van der Waals surface area contributed by atoms with Gasteiger partial charge in [-0.25, -0.2) is 0 Å². The Morgan fingerprint density at radius 2 is 1.79 bits per heavy atom. The minimum Gasteiger partial charge on any atom is -0.326 e. The van der Waals surface area contributed by atoms with Crippen molar-refractivity contribution >= 4 is 29.1 Å². The van der Waals surface area contributed by atoms with Crippen molar-refractivity contribution in [3.63, 3.8) is 0 Å². The van der Waals surface area contributed by atoms with Crippen molar-refractivity contribution in [2.75, 3.05) is 29.9 Å². The normalized spacial score (nSPS) is 27.5. The van der Waals surface area contributed by atoms with E-state index in [1.807, 2.05) is 11.8 Å². The highest BCUT2D eigenvalue weighted by Gasteiger charge is 2.59. The van der Waals surface area contributed by atoms with Gasteiger partial charge in [-0.1, -0.05) is 6.07 Å². The zero-order valence-electron chi connectivity index (χ0n) is 16.1. The van der Waals surface area contributed by atoms with Crippen molar-refractivity contribution in [2.45, 2.75) is 37.9 Å². The third-order valence-electron chi connectivity index (χ3n) is 6.37. The lowest BCUT2D eigenvalue weighted by atomic mass is 10.1. The molecule has 1 N–H and O–H groups in total. The number of Topliss-reactive ketones (excluding diaryl/α,β-unsaturated/α-hetero) is 1. The van der Waals surface area contributed by atoms with Crippen LogP contribution in [0.25, 0.3) is 0 Å². The second-order valence-corrected chi connectivity index (χ2v) is 9.47. The molecule has 1 aliphatic carbocycles. The van der Waals surface area contributed by atoms with Crippen LogP contribution in [0, 0.1) is 17.8 Å². The molecular weight excluding hydrogens is 401 g/mol. The number of piperidine rings is 1. The predicted octanol–water partition coefficient (Wildman–Crippen LogP) is 4.07. The number of halogens is 3. The maximum atomic E-state index is 12.8. The Labute approximate surface area is 172 Å². The lowest BCUT2D eigenvalue weighted by Crippen LogP contribution is -2.38. The van der Waals surface area contributed by atoms with Crippen LogP contribution >= 0.6 is 11.8 Å². The molecule has 2 saturated heterocycles. The zero-order chi connectivity index (χ0) is 20.6. The van der Waals surface area contributed by atoms with Crippen molar-refractivity contribution in [1.82, 2.24) is 4.90 Å². The summed E-state index contributed by atoms with van der Waals surface area (Å²) in [6.07, 6.45) is -1.82. The molecule has 4 nitrogen and oxygen atoms in total. The summed E-state index contributed by atoms with van der Waals surface area (Å²) >= 11 is 2.01. The Bertz CT molecular complexity index is 767.